The Kier molecular flexibility index (Phi) is 4.82. The molecule has 3 heteroatoms. The summed E-state index contributed by atoms with van der Waals surface area (Å²) in [4.78, 5) is 4.32. The van der Waals surface area contributed by atoms with Crippen molar-refractivity contribution in [2.75, 3.05) is 12.5 Å². The van der Waals surface area contributed by atoms with Crippen molar-refractivity contribution in [3.8, 4) is 5.75 Å². The van der Waals surface area contributed by atoms with Gasteiger partial charge in [0.05, 0.1) is 12.1 Å². The SMILES string of the molecule is CC(CCCl)CCOc1ccc2cccnc2c1. The number of pyridine rings is 1. The number of rotatable bonds is 6. The lowest BCUT2D eigenvalue weighted by Gasteiger charge is -2.11. The van der Waals surface area contributed by atoms with Crippen LogP contribution in [0.25, 0.3) is 10.9 Å². The third-order valence-corrected chi connectivity index (χ3v) is 3.28. The van der Waals surface area contributed by atoms with E-state index >= 15 is 0 Å². The van der Waals surface area contributed by atoms with Crippen LogP contribution in [0, 0.1) is 5.92 Å². The summed E-state index contributed by atoms with van der Waals surface area (Å²) in [6.45, 7) is 2.93. The van der Waals surface area contributed by atoms with Crippen LogP contribution in [0.1, 0.15) is 19.8 Å². The highest BCUT2D eigenvalue weighted by molar-refractivity contribution is 6.17. The Bertz CT molecular complexity index is 501. The van der Waals surface area contributed by atoms with Crippen molar-refractivity contribution in [2.24, 2.45) is 5.92 Å². The maximum Gasteiger partial charge on any atom is 0.121 e. The van der Waals surface area contributed by atoms with E-state index in [1.807, 2.05) is 24.3 Å². The first-order valence-electron chi connectivity index (χ1n) is 6.33. The smallest absolute Gasteiger partial charge is 0.121 e. The van der Waals surface area contributed by atoms with Crippen LogP contribution in [0.5, 0.6) is 5.75 Å². The predicted octanol–water partition coefficient (Wildman–Crippen LogP) is 4.27. The fourth-order valence-corrected chi connectivity index (χ4v) is 2.22. The molecule has 0 saturated carbocycles. The molecule has 0 aliphatic rings. The summed E-state index contributed by atoms with van der Waals surface area (Å²) >= 11 is 5.71. The summed E-state index contributed by atoms with van der Waals surface area (Å²) in [7, 11) is 0. The second kappa shape index (κ2) is 6.60. The molecule has 2 rings (SSSR count). The lowest BCUT2D eigenvalue weighted by atomic mass is 10.1. The third kappa shape index (κ3) is 3.61. The van der Waals surface area contributed by atoms with Crippen molar-refractivity contribution in [3.63, 3.8) is 0 Å². The quantitative estimate of drug-likeness (QED) is 0.726. The van der Waals surface area contributed by atoms with Crippen molar-refractivity contribution in [2.45, 2.75) is 19.8 Å². The number of hydrogen-bond acceptors (Lipinski definition) is 2. The first-order valence-corrected chi connectivity index (χ1v) is 6.86. The highest BCUT2D eigenvalue weighted by Gasteiger charge is 2.02. The average Bonchev–Trinajstić information content (AvgIpc) is 2.39. The number of hydrogen-bond donors (Lipinski definition) is 0. The lowest BCUT2D eigenvalue weighted by Crippen LogP contribution is -2.04. The van der Waals surface area contributed by atoms with Crippen molar-refractivity contribution < 1.29 is 4.74 Å². The van der Waals surface area contributed by atoms with Gasteiger partial charge in [0.15, 0.2) is 0 Å². The van der Waals surface area contributed by atoms with E-state index in [-0.39, 0.29) is 0 Å². The minimum atomic E-state index is 0.612. The molecule has 1 heterocycles. The number of halogens is 1. The third-order valence-electron chi connectivity index (χ3n) is 3.06. The first-order chi connectivity index (χ1) is 8.79. The summed E-state index contributed by atoms with van der Waals surface area (Å²) in [5.41, 5.74) is 0.976. The Morgan fingerprint density at radius 1 is 1.28 bits per heavy atom. The molecule has 0 bridgehead atoms. The van der Waals surface area contributed by atoms with E-state index in [4.69, 9.17) is 16.3 Å². The molecule has 0 amide bonds. The molecule has 0 saturated heterocycles. The summed E-state index contributed by atoms with van der Waals surface area (Å²) in [5.74, 6) is 2.22. The van der Waals surface area contributed by atoms with Crippen molar-refractivity contribution in [3.05, 3.63) is 36.5 Å². The molecular weight excluding hydrogens is 246 g/mol. The molecule has 0 aliphatic heterocycles. The van der Waals surface area contributed by atoms with E-state index < -0.39 is 0 Å². The molecule has 0 aliphatic carbocycles. The number of ether oxygens (including phenoxy) is 1. The maximum atomic E-state index is 5.75. The summed E-state index contributed by atoms with van der Waals surface area (Å²) < 4.78 is 5.75. The second-order valence-electron chi connectivity index (χ2n) is 4.58. The minimum absolute atomic E-state index is 0.612. The molecule has 0 fully saturated rings. The normalized spacial score (nSPS) is 12.6. The Hall–Kier alpha value is -1.28. The molecule has 0 spiro atoms. The van der Waals surface area contributed by atoms with E-state index in [1.165, 1.54) is 0 Å². The molecule has 0 radical (unpaired) electrons. The predicted molar refractivity (Wildman–Crippen MR) is 76.4 cm³/mol. The van der Waals surface area contributed by atoms with Gasteiger partial charge in [-0.1, -0.05) is 13.0 Å². The lowest BCUT2D eigenvalue weighted by molar-refractivity contribution is 0.282. The van der Waals surface area contributed by atoms with Gasteiger partial charge in [0.2, 0.25) is 0 Å². The zero-order chi connectivity index (χ0) is 12.8. The van der Waals surface area contributed by atoms with Crippen LogP contribution in [0.15, 0.2) is 36.5 Å². The molecule has 1 unspecified atom stereocenters. The Morgan fingerprint density at radius 2 is 2.17 bits per heavy atom. The van der Waals surface area contributed by atoms with Gasteiger partial charge in [0.1, 0.15) is 5.75 Å². The maximum absolute atomic E-state index is 5.75. The monoisotopic (exact) mass is 263 g/mol. The summed E-state index contributed by atoms with van der Waals surface area (Å²) in [5, 5.41) is 1.14. The Labute approximate surface area is 113 Å². The topological polar surface area (TPSA) is 22.1 Å². The molecule has 1 aromatic carbocycles. The van der Waals surface area contributed by atoms with E-state index in [2.05, 4.69) is 18.0 Å². The standard InChI is InChI=1S/C15H18ClNO/c1-12(6-8-16)7-10-18-14-5-4-13-3-2-9-17-15(13)11-14/h2-5,9,11-12H,6-8,10H2,1H3. The van der Waals surface area contributed by atoms with Crippen LogP contribution in [0.3, 0.4) is 0 Å². The van der Waals surface area contributed by atoms with Gasteiger partial charge in [-0.25, -0.2) is 0 Å². The number of alkyl halides is 1. The van der Waals surface area contributed by atoms with Crippen LogP contribution < -0.4 is 4.74 Å². The fraction of sp³-hybridized carbons (Fsp3) is 0.400. The minimum Gasteiger partial charge on any atom is -0.494 e. The molecule has 18 heavy (non-hydrogen) atoms. The van der Waals surface area contributed by atoms with Gasteiger partial charge in [0.25, 0.3) is 0 Å². The Morgan fingerprint density at radius 3 is 3.00 bits per heavy atom. The summed E-state index contributed by atoms with van der Waals surface area (Å²) in [6, 6.07) is 10.0. The first kappa shape index (κ1) is 13.2. The van der Waals surface area contributed by atoms with Gasteiger partial charge in [-0.15, -0.1) is 11.6 Å². The number of nitrogens with zero attached hydrogens (tertiary/aromatic N) is 1. The van der Waals surface area contributed by atoms with E-state index in [0.717, 1.165) is 42.0 Å². The highest BCUT2D eigenvalue weighted by atomic mass is 35.5. The molecule has 2 aromatic rings. The fourth-order valence-electron chi connectivity index (χ4n) is 1.84. The number of benzene rings is 1. The van der Waals surface area contributed by atoms with Gasteiger partial charge >= 0.3 is 0 Å². The second-order valence-corrected chi connectivity index (χ2v) is 4.96. The van der Waals surface area contributed by atoms with Crippen LogP contribution in [-0.4, -0.2) is 17.5 Å². The Balaban J connectivity index is 1.91. The molecule has 0 N–H and O–H groups in total. The van der Waals surface area contributed by atoms with Crippen LogP contribution in [-0.2, 0) is 0 Å². The average molecular weight is 264 g/mol. The van der Waals surface area contributed by atoms with Crippen molar-refractivity contribution >= 4 is 22.5 Å². The summed E-state index contributed by atoms with van der Waals surface area (Å²) in [6.07, 6.45) is 3.88. The van der Waals surface area contributed by atoms with E-state index in [1.54, 1.807) is 6.20 Å². The van der Waals surface area contributed by atoms with Gasteiger partial charge < -0.3 is 4.74 Å². The van der Waals surface area contributed by atoms with Crippen LogP contribution in [0.2, 0.25) is 0 Å². The molecule has 96 valence electrons. The molecule has 2 nitrogen and oxygen atoms in total. The molecule has 1 aromatic heterocycles. The molecular formula is C15H18ClNO. The van der Waals surface area contributed by atoms with Crippen LogP contribution >= 0.6 is 11.6 Å². The number of aromatic nitrogens is 1. The van der Waals surface area contributed by atoms with E-state index in [0.29, 0.717) is 5.92 Å². The largest absolute Gasteiger partial charge is 0.494 e. The zero-order valence-corrected chi connectivity index (χ0v) is 11.4. The van der Waals surface area contributed by atoms with Crippen molar-refractivity contribution in [1.29, 1.82) is 0 Å². The molecule has 1 atom stereocenters. The van der Waals surface area contributed by atoms with E-state index in [9.17, 15) is 0 Å². The van der Waals surface area contributed by atoms with Gasteiger partial charge in [-0.3, -0.25) is 4.98 Å². The van der Waals surface area contributed by atoms with Crippen molar-refractivity contribution in [1.82, 2.24) is 4.98 Å². The van der Waals surface area contributed by atoms with Gasteiger partial charge in [-0.2, -0.15) is 0 Å². The highest BCUT2D eigenvalue weighted by Crippen LogP contribution is 2.19. The van der Waals surface area contributed by atoms with Gasteiger partial charge in [0, 0.05) is 23.5 Å². The number of fused-ring (bicyclic) bond motifs is 1. The zero-order valence-electron chi connectivity index (χ0n) is 10.6. The van der Waals surface area contributed by atoms with Gasteiger partial charge in [-0.05, 0) is 37.0 Å². The van der Waals surface area contributed by atoms with Crippen LogP contribution in [0.4, 0.5) is 0 Å².